The van der Waals surface area contributed by atoms with Crippen LogP contribution >= 0.6 is 0 Å². The lowest BCUT2D eigenvalue weighted by molar-refractivity contribution is 0.436. The maximum absolute atomic E-state index is 2.43. The lowest BCUT2D eigenvalue weighted by Crippen LogP contribution is -1.95. The fourth-order valence-corrected chi connectivity index (χ4v) is 2.21. The minimum Gasteiger partial charge on any atom is -0.0654 e. The lowest BCUT2D eigenvalue weighted by atomic mass is 9.95. The Morgan fingerprint density at radius 1 is 0.812 bits per heavy atom. The molecule has 0 amide bonds. The van der Waals surface area contributed by atoms with E-state index in [1.807, 2.05) is 0 Å². The van der Waals surface area contributed by atoms with Crippen molar-refractivity contribution in [1.82, 2.24) is 0 Å². The molecule has 0 aliphatic rings. The number of hydrogen-bond acceptors (Lipinski definition) is 0. The zero-order chi connectivity index (χ0) is 12.2. The molecule has 0 aromatic carbocycles. The zero-order valence-corrected chi connectivity index (χ0v) is 12.1. The van der Waals surface area contributed by atoms with E-state index in [0.29, 0.717) is 0 Å². The van der Waals surface area contributed by atoms with Crippen molar-refractivity contribution in [2.75, 3.05) is 0 Å². The van der Waals surface area contributed by atoms with Gasteiger partial charge in [0.05, 0.1) is 0 Å². The Hall–Kier alpha value is 0. The molecule has 0 N–H and O–H groups in total. The highest BCUT2D eigenvalue weighted by Crippen LogP contribution is 2.18. The molecule has 0 aliphatic heterocycles. The van der Waals surface area contributed by atoms with Gasteiger partial charge in [-0.25, -0.2) is 0 Å². The predicted octanol–water partition coefficient (Wildman–Crippen LogP) is 6.16. The minimum atomic E-state index is 0.957. The summed E-state index contributed by atoms with van der Waals surface area (Å²) in [5.74, 6) is 2.55. The Bertz CT molecular complexity index is 126. The second-order valence-electron chi connectivity index (χ2n) is 5.76. The topological polar surface area (TPSA) is 0 Å². The van der Waals surface area contributed by atoms with E-state index in [-0.39, 0.29) is 0 Å². The van der Waals surface area contributed by atoms with Crippen LogP contribution < -0.4 is 0 Å². The van der Waals surface area contributed by atoms with Gasteiger partial charge in [-0.05, 0) is 18.3 Å². The first-order chi connectivity index (χ1) is 7.66. The van der Waals surface area contributed by atoms with Gasteiger partial charge in [-0.1, -0.05) is 85.5 Å². The van der Waals surface area contributed by atoms with Crippen molar-refractivity contribution in [2.24, 2.45) is 5.92 Å². The van der Waals surface area contributed by atoms with Gasteiger partial charge in [0.25, 0.3) is 0 Å². The quantitative estimate of drug-likeness (QED) is 0.369. The molecule has 0 saturated heterocycles. The molecule has 1 atom stereocenters. The molecule has 1 radical (unpaired) electrons. The molecule has 1 unspecified atom stereocenters. The monoisotopic (exact) mass is 225 g/mol. The highest BCUT2D eigenvalue weighted by Gasteiger charge is 2.02. The number of unbranched alkanes of at least 4 members (excludes halogenated alkanes) is 5. The van der Waals surface area contributed by atoms with Gasteiger partial charge in [0.1, 0.15) is 0 Å². The summed E-state index contributed by atoms with van der Waals surface area (Å²) in [5, 5.41) is 0. The number of rotatable bonds is 11. The van der Waals surface area contributed by atoms with Gasteiger partial charge in [-0.2, -0.15) is 0 Å². The molecule has 0 fully saturated rings. The van der Waals surface area contributed by atoms with Crippen LogP contribution in [0.3, 0.4) is 0 Å². The third-order valence-electron chi connectivity index (χ3n) is 3.42. The molecule has 0 heteroatoms. The molecule has 0 bridgehead atoms. The van der Waals surface area contributed by atoms with E-state index < -0.39 is 0 Å². The van der Waals surface area contributed by atoms with Crippen molar-refractivity contribution >= 4 is 0 Å². The van der Waals surface area contributed by atoms with E-state index in [9.17, 15) is 0 Å². The highest BCUT2D eigenvalue weighted by atomic mass is 14.1. The Balaban J connectivity index is 3.15. The van der Waals surface area contributed by atoms with Crippen molar-refractivity contribution in [3.8, 4) is 0 Å². The van der Waals surface area contributed by atoms with Gasteiger partial charge in [0.15, 0.2) is 0 Å². The Morgan fingerprint density at radius 3 is 1.94 bits per heavy atom. The molecule has 0 saturated carbocycles. The van der Waals surface area contributed by atoms with E-state index in [1.54, 1.807) is 5.92 Å². The van der Waals surface area contributed by atoms with Gasteiger partial charge in [-0.3, -0.25) is 0 Å². The summed E-state index contributed by atoms with van der Waals surface area (Å²) in [6.45, 7) is 9.21. The molecule has 0 spiro atoms. The van der Waals surface area contributed by atoms with Crippen molar-refractivity contribution < 1.29 is 0 Å². The van der Waals surface area contributed by atoms with Crippen molar-refractivity contribution in [1.29, 1.82) is 0 Å². The van der Waals surface area contributed by atoms with E-state index in [2.05, 4.69) is 27.7 Å². The third-order valence-corrected chi connectivity index (χ3v) is 3.42. The van der Waals surface area contributed by atoms with Crippen LogP contribution in [-0.4, -0.2) is 0 Å². The minimum absolute atomic E-state index is 0.957. The average Bonchev–Trinajstić information content (AvgIpc) is 2.24. The van der Waals surface area contributed by atoms with Crippen LogP contribution in [0.1, 0.15) is 91.9 Å². The summed E-state index contributed by atoms with van der Waals surface area (Å²) in [4.78, 5) is 0. The van der Waals surface area contributed by atoms with Crippen molar-refractivity contribution in [3.05, 3.63) is 5.92 Å². The fraction of sp³-hybridized carbons (Fsp3) is 0.938. The van der Waals surface area contributed by atoms with Gasteiger partial charge in [0, 0.05) is 0 Å². The maximum atomic E-state index is 2.43. The first kappa shape index (κ1) is 16.0. The summed E-state index contributed by atoms with van der Waals surface area (Å²) >= 11 is 0. The Kier molecular flexibility index (Phi) is 11.5. The molecule has 0 heterocycles. The SMILES string of the molecule is CCCCCCCC(C)CCCC[C](C)C. The summed E-state index contributed by atoms with van der Waals surface area (Å²) < 4.78 is 0. The fourth-order valence-electron chi connectivity index (χ4n) is 2.21. The first-order valence-electron chi connectivity index (χ1n) is 7.45. The van der Waals surface area contributed by atoms with E-state index in [0.717, 1.165) is 5.92 Å². The molecule has 0 aromatic rings. The average molecular weight is 225 g/mol. The zero-order valence-electron chi connectivity index (χ0n) is 12.1. The molecule has 0 nitrogen and oxygen atoms in total. The van der Waals surface area contributed by atoms with Crippen molar-refractivity contribution in [2.45, 2.75) is 91.9 Å². The van der Waals surface area contributed by atoms with Crippen LogP contribution in [0.5, 0.6) is 0 Å². The van der Waals surface area contributed by atoms with Gasteiger partial charge in [-0.15, -0.1) is 0 Å². The molecular formula is C16H33. The Labute approximate surface area is 104 Å². The van der Waals surface area contributed by atoms with Crippen LogP contribution in [0.15, 0.2) is 0 Å². The van der Waals surface area contributed by atoms with Crippen LogP contribution in [0, 0.1) is 11.8 Å². The molecule has 0 rings (SSSR count). The van der Waals surface area contributed by atoms with Gasteiger partial charge < -0.3 is 0 Å². The van der Waals surface area contributed by atoms with Crippen molar-refractivity contribution in [3.63, 3.8) is 0 Å². The van der Waals surface area contributed by atoms with Gasteiger partial charge >= 0.3 is 0 Å². The van der Waals surface area contributed by atoms with Crippen LogP contribution in [0.2, 0.25) is 0 Å². The second-order valence-corrected chi connectivity index (χ2v) is 5.76. The van der Waals surface area contributed by atoms with Crippen LogP contribution in [0.4, 0.5) is 0 Å². The largest absolute Gasteiger partial charge is 0.0654 e. The molecule has 0 aromatic heterocycles. The summed E-state index contributed by atoms with van der Waals surface area (Å²) in [6.07, 6.45) is 14.2. The smallest absolute Gasteiger partial charge is 0.0303 e. The summed E-state index contributed by atoms with van der Waals surface area (Å²) in [5.41, 5.74) is 0. The van der Waals surface area contributed by atoms with E-state index >= 15 is 0 Å². The van der Waals surface area contributed by atoms with Crippen LogP contribution in [-0.2, 0) is 0 Å². The molecule has 0 aliphatic carbocycles. The highest BCUT2D eigenvalue weighted by molar-refractivity contribution is 4.75. The molecule has 16 heavy (non-hydrogen) atoms. The molecular weight excluding hydrogens is 192 g/mol. The summed E-state index contributed by atoms with van der Waals surface area (Å²) in [6, 6.07) is 0. The number of hydrogen-bond donors (Lipinski definition) is 0. The first-order valence-corrected chi connectivity index (χ1v) is 7.45. The predicted molar refractivity (Wildman–Crippen MR) is 75.6 cm³/mol. The third kappa shape index (κ3) is 12.1. The van der Waals surface area contributed by atoms with E-state index in [4.69, 9.17) is 0 Å². The maximum Gasteiger partial charge on any atom is -0.0303 e. The molecule has 97 valence electrons. The second kappa shape index (κ2) is 11.5. The van der Waals surface area contributed by atoms with Crippen LogP contribution in [0.25, 0.3) is 0 Å². The lowest BCUT2D eigenvalue weighted by Gasteiger charge is -2.11. The van der Waals surface area contributed by atoms with Gasteiger partial charge in [0.2, 0.25) is 0 Å². The van der Waals surface area contributed by atoms with E-state index in [1.165, 1.54) is 64.2 Å². The normalized spacial score (nSPS) is 13.3. The standard InChI is InChI=1S/C16H33/c1-5-6-7-8-9-13-16(4)14-11-10-12-15(2)3/h16H,5-14H2,1-4H3. The summed E-state index contributed by atoms with van der Waals surface area (Å²) in [7, 11) is 0. The Morgan fingerprint density at radius 2 is 1.38 bits per heavy atom.